The highest BCUT2D eigenvalue weighted by molar-refractivity contribution is 5.11. The summed E-state index contributed by atoms with van der Waals surface area (Å²) in [5.41, 5.74) is 0.319. The largest absolute Gasteiger partial charge is 0.377 e. The van der Waals surface area contributed by atoms with Gasteiger partial charge in [-0.3, -0.25) is 0 Å². The topological polar surface area (TPSA) is 30.5 Å². The predicted molar refractivity (Wildman–Crippen MR) is 76.2 cm³/mol. The van der Waals surface area contributed by atoms with Crippen molar-refractivity contribution < 1.29 is 9.47 Å². The summed E-state index contributed by atoms with van der Waals surface area (Å²) < 4.78 is 11.8. The summed E-state index contributed by atoms with van der Waals surface area (Å²) in [7, 11) is 0. The fraction of sp³-hybridized carbons (Fsp3) is 1.00. The second-order valence-corrected chi connectivity index (χ2v) is 7.86. The van der Waals surface area contributed by atoms with E-state index in [2.05, 4.69) is 33.0 Å². The number of hydrogen-bond donors (Lipinski definition) is 1. The van der Waals surface area contributed by atoms with E-state index in [1.54, 1.807) is 0 Å². The van der Waals surface area contributed by atoms with Crippen LogP contribution in [0.5, 0.6) is 0 Å². The van der Waals surface area contributed by atoms with E-state index in [-0.39, 0.29) is 11.0 Å². The lowest BCUT2D eigenvalue weighted by Gasteiger charge is -2.61. The van der Waals surface area contributed by atoms with Gasteiger partial charge in [0, 0.05) is 36.6 Å². The Hall–Kier alpha value is -0.120. The van der Waals surface area contributed by atoms with Crippen molar-refractivity contribution in [1.29, 1.82) is 0 Å². The predicted octanol–water partition coefficient (Wildman–Crippen LogP) is 2.74. The molecule has 0 aromatic carbocycles. The molecule has 1 aliphatic carbocycles. The molecule has 110 valence electrons. The van der Waals surface area contributed by atoms with Crippen LogP contribution >= 0.6 is 0 Å². The molecule has 0 amide bonds. The molecular formula is C16H29NO2. The molecule has 1 saturated carbocycles. The molecule has 0 spiro atoms. The second-order valence-electron chi connectivity index (χ2n) is 7.86. The molecule has 3 rings (SSSR count). The van der Waals surface area contributed by atoms with Crippen molar-refractivity contribution in [3.05, 3.63) is 0 Å². The molecule has 0 aromatic heterocycles. The van der Waals surface area contributed by atoms with Gasteiger partial charge in [0.25, 0.3) is 0 Å². The van der Waals surface area contributed by atoms with Crippen molar-refractivity contribution in [2.24, 2.45) is 11.3 Å². The van der Waals surface area contributed by atoms with E-state index >= 15 is 0 Å². The zero-order valence-electron chi connectivity index (χ0n) is 12.9. The van der Waals surface area contributed by atoms with E-state index in [0.29, 0.717) is 18.2 Å². The highest BCUT2D eigenvalue weighted by atomic mass is 16.5. The van der Waals surface area contributed by atoms with Gasteiger partial charge in [-0.1, -0.05) is 13.8 Å². The molecular weight excluding hydrogens is 238 g/mol. The minimum Gasteiger partial charge on any atom is -0.377 e. The van der Waals surface area contributed by atoms with E-state index in [1.807, 2.05) is 0 Å². The normalized spacial score (nSPS) is 44.2. The minimum absolute atomic E-state index is 0.0340. The first-order valence-corrected chi connectivity index (χ1v) is 7.92. The fourth-order valence-corrected chi connectivity index (χ4v) is 4.49. The molecule has 19 heavy (non-hydrogen) atoms. The van der Waals surface area contributed by atoms with Crippen LogP contribution in [0.3, 0.4) is 0 Å². The van der Waals surface area contributed by atoms with Gasteiger partial charge in [0.1, 0.15) is 0 Å². The highest BCUT2D eigenvalue weighted by Crippen LogP contribution is 2.51. The number of hydrogen-bond acceptors (Lipinski definition) is 3. The minimum atomic E-state index is 0.0340. The van der Waals surface area contributed by atoms with E-state index in [1.165, 1.54) is 12.8 Å². The Morgan fingerprint density at radius 3 is 2.58 bits per heavy atom. The van der Waals surface area contributed by atoms with Crippen LogP contribution in [0.15, 0.2) is 0 Å². The Bertz CT molecular complexity index is 340. The first-order chi connectivity index (χ1) is 8.90. The van der Waals surface area contributed by atoms with E-state index in [4.69, 9.17) is 9.47 Å². The molecule has 0 bridgehead atoms. The Kier molecular flexibility index (Phi) is 3.43. The van der Waals surface area contributed by atoms with Gasteiger partial charge in [-0.15, -0.1) is 0 Å². The molecule has 3 fully saturated rings. The molecule has 0 aromatic rings. The third-order valence-corrected chi connectivity index (χ3v) is 5.44. The standard InChI is InChI=1S/C16H29NO2/c1-15(2)10-11(7-9-19-15)17-13-12-6-5-8-18-14(12)16(13,3)4/h11-14,17H,5-10H2,1-4H3. The number of nitrogens with one attached hydrogen (secondary N) is 1. The van der Waals surface area contributed by atoms with Crippen LogP contribution in [0, 0.1) is 11.3 Å². The number of rotatable bonds is 2. The molecule has 2 aliphatic heterocycles. The molecule has 4 unspecified atom stereocenters. The van der Waals surface area contributed by atoms with Gasteiger partial charge < -0.3 is 14.8 Å². The number of ether oxygens (including phenoxy) is 2. The van der Waals surface area contributed by atoms with Crippen LogP contribution in [0.1, 0.15) is 53.4 Å². The summed E-state index contributed by atoms with van der Waals surface area (Å²) in [6.07, 6.45) is 5.31. The van der Waals surface area contributed by atoms with Gasteiger partial charge in [0.2, 0.25) is 0 Å². The maximum Gasteiger partial charge on any atom is 0.0684 e. The van der Waals surface area contributed by atoms with Crippen molar-refractivity contribution in [2.45, 2.75) is 77.2 Å². The zero-order chi connectivity index (χ0) is 13.7. The monoisotopic (exact) mass is 267 g/mol. The SMILES string of the molecule is CC1(C)CC(NC2C3CCCOC3C2(C)C)CCO1. The maximum absolute atomic E-state index is 5.99. The lowest BCUT2D eigenvalue weighted by molar-refractivity contribution is -0.197. The van der Waals surface area contributed by atoms with Crippen LogP contribution in [-0.4, -0.2) is 37.0 Å². The lowest BCUT2D eigenvalue weighted by atomic mass is 9.55. The molecule has 1 N–H and O–H groups in total. The molecule has 0 radical (unpaired) electrons. The van der Waals surface area contributed by atoms with E-state index in [0.717, 1.165) is 32.0 Å². The van der Waals surface area contributed by atoms with E-state index in [9.17, 15) is 0 Å². The summed E-state index contributed by atoms with van der Waals surface area (Å²) in [4.78, 5) is 0. The van der Waals surface area contributed by atoms with Crippen molar-refractivity contribution in [3.63, 3.8) is 0 Å². The third kappa shape index (κ3) is 2.45. The maximum atomic E-state index is 5.99. The summed E-state index contributed by atoms with van der Waals surface area (Å²) >= 11 is 0. The Balaban J connectivity index is 1.63. The Labute approximate surface area is 117 Å². The first-order valence-electron chi connectivity index (χ1n) is 7.92. The molecule has 3 heteroatoms. The molecule has 4 atom stereocenters. The first kappa shape index (κ1) is 13.8. The smallest absolute Gasteiger partial charge is 0.0684 e. The van der Waals surface area contributed by atoms with Crippen molar-refractivity contribution in [2.75, 3.05) is 13.2 Å². The van der Waals surface area contributed by atoms with Crippen LogP contribution in [0.25, 0.3) is 0 Å². The van der Waals surface area contributed by atoms with Crippen LogP contribution in [-0.2, 0) is 9.47 Å². The molecule has 2 saturated heterocycles. The summed E-state index contributed by atoms with van der Waals surface area (Å²) in [6.45, 7) is 11.0. The summed E-state index contributed by atoms with van der Waals surface area (Å²) in [5, 5.41) is 3.94. The van der Waals surface area contributed by atoms with Gasteiger partial charge in [-0.2, -0.15) is 0 Å². The Morgan fingerprint density at radius 1 is 1.05 bits per heavy atom. The van der Waals surface area contributed by atoms with Gasteiger partial charge in [-0.05, 0) is 39.5 Å². The number of fused-ring (bicyclic) bond motifs is 1. The quantitative estimate of drug-likeness (QED) is 0.834. The highest BCUT2D eigenvalue weighted by Gasteiger charge is 2.58. The van der Waals surface area contributed by atoms with Gasteiger partial charge in [0.15, 0.2) is 0 Å². The lowest BCUT2D eigenvalue weighted by Crippen LogP contribution is -2.71. The van der Waals surface area contributed by atoms with Gasteiger partial charge >= 0.3 is 0 Å². The van der Waals surface area contributed by atoms with Crippen molar-refractivity contribution >= 4 is 0 Å². The van der Waals surface area contributed by atoms with Crippen LogP contribution in [0.2, 0.25) is 0 Å². The Morgan fingerprint density at radius 2 is 1.84 bits per heavy atom. The average Bonchev–Trinajstić information content (AvgIpc) is 2.35. The second kappa shape index (κ2) is 4.71. The zero-order valence-corrected chi connectivity index (χ0v) is 12.9. The van der Waals surface area contributed by atoms with E-state index < -0.39 is 0 Å². The van der Waals surface area contributed by atoms with Gasteiger partial charge in [-0.25, -0.2) is 0 Å². The summed E-state index contributed by atoms with van der Waals surface area (Å²) in [6, 6.07) is 1.23. The van der Waals surface area contributed by atoms with Crippen LogP contribution in [0.4, 0.5) is 0 Å². The van der Waals surface area contributed by atoms with Crippen molar-refractivity contribution in [3.8, 4) is 0 Å². The molecule has 3 nitrogen and oxygen atoms in total. The van der Waals surface area contributed by atoms with Gasteiger partial charge in [0.05, 0.1) is 11.7 Å². The fourth-order valence-electron chi connectivity index (χ4n) is 4.49. The third-order valence-electron chi connectivity index (χ3n) is 5.44. The van der Waals surface area contributed by atoms with Crippen molar-refractivity contribution in [1.82, 2.24) is 5.32 Å². The van der Waals surface area contributed by atoms with Crippen LogP contribution < -0.4 is 5.32 Å². The molecule has 2 heterocycles. The average molecular weight is 267 g/mol. The summed E-state index contributed by atoms with van der Waals surface area (Å²) in [5.74, 6) is 0.731. The molecule has 3 aliphatic rings.